The first-order valence-corrected chi connectivity index (χ1v) is 9.80. The lowest BCUT2D eigenvalue weighted by atomic mass is 9.98. The molecule has 0 heterocycles. The second-order valence-corrected chi connectivity index (χ2v) is 6.97. The van der Waals surface area contributed by atoms with Crippen molar-refractivity contribution in [3.63, 3.8) is 0 Å². The Morgan fingerprint density at radius 3 is 1.97 bits per heavy atom. The molecule has 0 spiro atoms. The Hall–Kier alpha value is -3.47. The van der Waals surface area contributed by atoms with Crippen molar-refractivity contribution in [3.05, 3.63) is 89.5 Å². The highest BCUT2D eigenvalue weighted by Gasteiger charge is 2.16. The molecule has 1 amide bonds. The molecule has 3 aromatic rings. The number of hydrogen-bond donors (Lipinski definition) is 1. The largest absolute Gasteiger partial charge is 0.497 e. The van der Waals surface area contributed by atoms with Gasteiger partial charge in [0.15, 0.2) is 0 Å². The van der Waals surface area contributed by atoms with Crippen molar-refractivity contribution in [2.75, 3.05) is 21.3 Å². The number of ether oxygens (including phenoxy) is 3. The first kappa shape index (κ1) is 21.2. The number of benzene rings is 3. The Labute approximate surface area is 177 Å². The zero-order chi connectivity index (χ0) is 21.3. The van der Waals surface area contributed by atoms with Crippen molar-refractivity contribution in [3.8, 4) is 17.2 Å². The molecule has 3 aromatic carbocycles. The van der Waals surface area contributed by atoms with Gasteiger partial charge in [0.05, 0.1) is 33.8 Å². The van der Waals surface area contributed by atoms with Crippen molar-refractivity contribution in [2.45, 2.75) is 18.9 Å². The highest BCUT2D eigenvalue weighted by Crippen LogP contribution is 2.23. The smallest absolute Gasteiger partial charge is 0.224 e. The standard InChI is InChI=1S/C25H27NO4/c1-28-21-11-7-18(8-12-21)16-24(20-9-13-22(29-2)14-10-20)26-25(27)17-19-5-4-6-23(15-19)30-3/h4-15,24H,16-17H2,1-3H3,(H,26,27)/t24-/m0/s1. The summed E-state index contributed by atoms with van der Waals surface area (Å²) in [5, 5.41) is 3.18. The zero-order valence-electron chi connectivity index (χ0n) is 17.6. The predicted octanol–water partition coefficient (Wildman–Crippen LogP) is 4.36. The lowest BCUT2D eigenvalue weighted by Gasteiger charge is -2.20. The zero-order valence-corrected chi connectivity index (χ0v) is 17.6. The SMILES string of the molecule is COc1ccc(C[C@H](NC(=O)Cc2cccc(OC)c2)c2ccc(OC)cc2)cc1. The number of hydrogen-bond acceptors (Lipinski definition) is 4. The second-order valence-electron chi connectivity index (χ2n) is 6.97. The Kier molecular flexibility index (Phi) is 7.33. The van der Waals surface area contributed by atoms with Crippen molar-refractivity contribution in [1.29, 1.82) is 0 Å². The van der Waals surface area contributed by atoms with Crippen LogP contribution in [0.25, 0.3) is 0 Å². The lowest BCUT2D eigenvalue weighted by Crippen LogP contribution is -2.31. The van der Waals surface area contributed by atoms with E-state index < -0.39 is 0 Å². The Balaban J connectivity index is 1.77. The van der Waals surface area contributed by atoms with Crippen LogP contribution in [0.4, 0.5) is 0 Å². The van der Waals surface area contributed by atoms with E-state index in [2.05, 4.69) is 5.32 Å². The fourth-order valence-corrected chi connectivity index (χ4v) is 3.30. The summed E-state index contributed by atoms with van der Waals surface area (Å²) in [7, 11) is 4.90. The summed E-state index contributed by atoms with van der Waals surface area (Å²) in [6, 6.07) is 23.1. The van der Waals surface area contributed by atoms with Crippen molar-refractivity contribution >= 4 is 5.91 Å². The van der Waals surface area contributed by atoms with Crippen molar-refractivity contribution in [1.82, 2.24) is 5.32 Å². The van der Waals surface area contributed by atoms with Crippen molar-refractivity contribution < 1.29 is 19.0 Å². The summed E-state index contributed by atoms with van der Waals surface area (Å²) < 4.78 is 15.8. The van der Waals surface area contributed by atoms with Gasteiger partial charge in [-0.3, -0.25) is 4.79 Å². The maximum atomic E-state index is 12.8. The molecule has 0 unspecified atom stereocenters. The van der Waals surface area contributed by atoms with Crippen LogP contribution in [0.2, 0.25) is 0 Å². The van der Waals surface area contributed by atoms with Gasteiger partial charge in [0, 0.05) is 0 Å². The maximum absolute atomic E-state index is 12.8. The molecule has 3 rings (SSSR count). The minimum absolute atomic E-state index is 0.0439. The monoisotopic (exact) mass is 405 g/mol. The number of carbonyl (C=O) groups excluding carboxylic acids is 1. The van der Waals surface area contributed by atoms with Gasteiger partial charge in [0.2, 0.25) is 5.91 Å². The Morgan fingerprint density at radius 2 is 1.37 bits per heavy atom. The summed E-state index contributed by atoms with van der Waals surface area (Å²) in [4.78, 5) is 12.8. The second kappa shape index (κ2) is 10.3. The van der Waals surface area contributed by atoms with Crippen LogP contribution in [-0.4, -0.2) is 27.2 Å². The van der Waals surface area contributed by atoms with Gasteiger partial charge in [-0.25, -0.2) is 0 Å². The van der Waals surface area contributed by atoms with E-state index in [0.717, 1.165) is 33.9 Å². The molecule has 0 bridgehead atoms. The van der Waals surface area contributed by atoms with E-state index in [1.54, 1.807) is 21.3 Å². The van der Waals surface area contributed by atoms with E-state index in [4.69, 9.17) is 14.2 Å². The van der Waals surface area contributed by atoms with E-state index in [1.165, 1.54) is 0 Å². The van der Waals surface area contributed by atoms with Gasteiger partial charge in [0.25, 0.3) is 0 Å². The summed E-state index contributed by atoms with van der Waals surface area (Å²) in [5.41, 5.74) is 3.04. The molecule has 1 N–H and O–H groups in total. The van der Waals surface area contributed by atoms with Gasteiger partial charge in [0.1, 0.15) is 17.2 Å². The van der Waals surface area contributed by atoms with E-state index >= 15 is 0 Å². The van der Waals surface area contributed by atoms with E-state index in [-0.39, 0.29) is 18.4 Å². The topological polar surface area (TPSA) is 56.8 Å². The Morgan fingerprint density at radius 1 is 0.767 bits per heavy atom. The summed E-state index contributed by atoms with van der Waals surface area (Å²) >= 11 is 0. The first-order chi connectivity index (χ1) is 14.6. The molecule has 0 aliphatic carbocycles. The molecule has 5 nitrogen and oxygen atoms in total. The molecule has 30 heavy (non-hydrogen) atoms. The van der Waals surface area contributed by atoms with Gasteiger partial charge < -0.3 is 19.5 Å². The Bertz CT molecular complexity index is 952. The third-order valence-corrected chi connectivity index (χ3v) is 4.95. The van der Waals surface area contributed by atoms with E-state index in [1.807, 2.05) is 72.8 Å². The van der Waals surface area contributed by atoms with Crippen LogP contribution in [0.3, 0.4) is 0 Å². The minimum atomic E-state index is -0.164. The fraction of sp³-hybridized carbons (Fsp3) is 0.240. The molecular formula is C25H27NO4. The summed E-state index contributed by atoms with van der Waals surface area (Å²) in [6.07, 6.45) is 0.951. The van der Waals surface area contributed by atoms with Gasteiger partial charge >= 0.3 is 0 Å². The third kappa shape index (κ3) is 5.77. The van der Waals surface area contributed by atoms with Crippen LogP contribution in [0.5, 0.6) is 17.2 Å². The van der Waals surface area contributed by atoms with Crippen LogP contribution >= 0.6 is 0 Å². The van der Waals surface area contributed by atoms with E-state index in [0.29, 0.717) is 6.42 Å². The van der Waals surface area contributed by atoms with Crippen molar-refractivity contribution in [2.24, 2.45) is 0 Å². The average molecular weight is 405 g/mol. The number of rotatable bonds is 9. The normalized spacial score (nSPS) is 11.4. The molecule has 0 aliphatic heterocycles. The van der Waals surface area contributed by atoms with Crippen LogP contribution in [0, 0.1) is 0 Å². The number of carbonyl (C=O) groups is 1. The molecule has 0 aromatic heterocycles. The van der Waals surface area contributed by atoms with Crippen LogP contribution < -0.4 is 19.5 Å². The number of methoxy groups -OCH3 is 3. The average Bonchev–Trinajstić information content (AvgIpc) is 2.79. The molecule has 5 heteroatoms. The van der Waals surface area contributed by atoms with Crippen LogP contribution in [0.1, 0.15) is 22.7 Å². The number of nitrogens with one attached hydrogen (secondary N) is 1. The maximum Gasteiger partial charge on any atom is 0.224 e. The molecule has 1 atom stereocenters. The van der Waals surface area contributed by atoms with Gasteiger partial charge in [-0.05, 0) is 59.5 Å². The third-order valence-electron chi connectivity index (χ3n) is 4.95. The first-order valence-electron chi connectivity index (χ1n) is 9.80. The highest BCUT2D eigenvalue weighted by atomic mass is 16.5. The lowest BCUT2D eigenvalue weighted by molar-refractivity contribution is -0.121. The van der Waals surface area contributed by atoms with Gasteiger partial charge in [-0.2, -0.15) is 0 Å². The molecule has 0 aliphatic rings. The molecule has 156 valence electrons. The molecule has 0 saturated heterocycles. The summed E-state index contributed by atoms with van der Waals surface area (Å²) in [5.74, 6) is 2.29. The molecule has 0 fully saturated rings. The minimum Gasteiger partial charge on any atom is -0.497 e. The molecular weight excluding hydrogens is 378 g/mol. The quantitative estimate of drug-likeness (QED) is 0.575. The van der Waals surface area contributed by atoms with Gasteiger partial charge in [-0.1, -0.05) is 36.4 Å². The van der Waals surface area contributed by atoms with Gasteiger partial charge in [-0.15, -0.1) is 0 Å². The highest BCUT2D eigenvalue weighted by molar-refractivity contribution is 5.79. The van der Waals surface area contributed by atoms with Crippen LogP contribution in [-0.2, 0) is 17.6 Å². The molecule has 0 radical (unpaired) electrons. The number of amides is 1. The summed E-state index contributed by atoms with van der Waals surface area (Å²) in [6.45, 7) is 0. The fourth-order valence-electron chi connectivity index (χ4n) is 3.30. The van der Waals surface area contributed by atoms with E-state index in [9.17, 15) is 4.79 Å². The predicted molar refractivity (Wildman–Crippen MR) is 117 cm³/mol. The van der Waals surface area contributed by atoms with Crippen LogP contribution in [0.15, 0.2) is 72.8 Å². The molecule has 0 saturated carbocycles.